The van der Waals surface area contributed by atoms with E-state index in [9.17, 15) is 53.5 Å². The fourth-order valence-electron chi connectivity index (χ4n) is 7.76. The molecular formula is C54H54BrF10N13O2. The number of nitrogens with one attached hydrogen (secondary N) is 5. The van der Waals surface area contributed by atoms with Crippen molar-refractivity contribution in [2.75, 3.05) is 37.8 Å². The minimum Gasteiger partial charge on any atom is -0.361 e. The molecule has 2 atom stereocenters. The summed E-state index contributed by atoms with van der Waals surface area (Å²) in [5.41, 5.74) is 1.25. The normalized spacial score (nSPS) is 14.1. The van der Waals surface area contributed by atoms with Crippen LogP contribution in [0.2, 0.25) is 0 Å². The van der Waals surface area contributed by atoms with Crippen LogP contribution in [0.3, 0.4) is 0 Å². The molecule has 0 saturated heterocycles. The Morgan fingerprint density at radius 1 is 0.662 bits per heavy atom. The number of nitriles is 1. The molecule has 15 nitrogen and oxygen atoms in total. The molecule has 0 spiro atoms. The van der Waals surface area contributed by atoms with Gasteiger partial charge in [0.2, 0.25) is 0 Å². The van der Waals surface area contributed by atoms with Crippen molar-refractivity contribution in [1.82, 2.24) is 50.5 Å². The molecule has 0 bridgehead atoms. The van der Waals surface area contributed by atoms with Gasteiger partial charge in [0.15, 0.2) is 0 Å². The molecule has 1 saturated carbocycles. The van der Waals surface area contributed by atoms with Crippen molar-refractivity contribution in [3.63, 3.8) is 0 Å². The fourth-order valence-corrected chi connectivity index (χ4v) is 8.03. The zero-order valence-corrected chi connectivity index (χ0v) is 45.1. The van der Waals surface area contributed by atoms with Crippen molar-refractivity contribution < 1.29 is 43.9 Å². The van der Waals surface area contributed by atoms with E-state index in [-0.39, 0.29) is 56.0 Å². The lowest BCUT2D eigenvalue weighted by Gasteiger charge is -2.30. The van der Waals surface area contributed by atoms with Gasteiger partial charge in [-0.2, -0.15) is 46.5 Å². The lowest BCUT2D eigenvalue weighted by atomic mass is 9.91. The van der Waals surface area contributed by atoms with Gasteiger partial charge in [0.1, 0.15) is 58.2 Å². The fraction of sp³-hybridized carbons (Fsp3) is 0.315. The van der Waals surface area contributed by atoms with Gasteiger partial charge in [0.25, 0.3) is 24.0 Å². The topological polar surface area (TPSA) is 204 Å². The van der Waals surface area contributed by atoms with Crippen LogP contribution in [0.1, 0.15) is 68.0 Å². The SMILES string of the molecule is CC#N.CN[C@@H]1CCCC[C@H]1NC.Cc1ccc(-n2nc3ccc(NCC(F)(F)F)nc3c(-c3ccc(C(F)F)nc3)c2=O)cc1.Cc1ccc(Br)cc1.O=c1[nH]nc2ccc(NCC(F)(F)F)nc2c1-c1ccc(C(F)F)nc1. The van der Waals surface area contributed by atoms with Gasteiger partial charge >= 0.3 is 12.4 Å². The van der Waals surface area contributed by atoms with Crippen molar-refractivity contribution in [1.29, 1.82) is 5.26 Å². The van der Waals surface area contributed by atoms with Crippen LogP contribution in [0, 0.1) is 25.2 Å². The summed E-state index contributed by atoms with van der Waals surface area (Å²) in [4.78, 5) is 41.0. The van der Waals surface area contributed by atoms with Crippen LogP contribution in [0.15, 0.2) is 124 Å². The van der Waals surface area contributed by atoms with Gasteiger partial charge in [-0.15, -0.1) is 0 Å². The Bertz CT molecular complexity index is 3380. The number of alkyl halides is 10. The molecule has 1 aliphatic carbocycles. The maximum absolute atomic E-state index is 13.4. The number of hydrogen-bond donors (Lipinski definition) is 5. The first-order valence-corrected chi connectivity index (χ1v) is 25.1. The second-order valence-corrected chi connectivity index (χ2v) is 18.5. The number of rotatable bonds is 11. The van der Waals surface area contributed by atoms with E-state index < -0.39 is 60.8 Å². The first-order chi connectivity index (χ1) is 37.9. The summed E-state index contributed by atoms with van der Waals surface area (Å²) >= 11 is 3.35. The molecule has 424 valence electrons. The second-order valence-electron chi connectivity index (χ2n) is 17.6. The lowest BCUT2D eigenvalue weighted by Crippen LogP contribution is -2.47. The zero-order valence-electron chi connectivity index (χ0n) is 43.5. The van der Waals surface area contributed by atoms with Crippen molar-refractivity contribution in [3.05, 3.63) is 157 Å². The third kappa shape index (κ3) is 18.6. The number of H-pyrrole nitrogens is 1. The smallest absolute Gasteiger partial charge is 0.361 e. The second kappa shape index (κ2) is 29.4. The van der Waals surface area contributed by atoms with E-state index in [2.05, 4.69) is 106 Å². The third-order valence-corrected chi connectivity index (χ3v) is 12.2. The lowest BCUT2D eigenvalue weighted by molar-refractivity contribution is -0.116. The molecule has 80 heavy (non-hydrogen) atoms. The van der Waals surface area contributed by atoms with Gasteiger partial charge in [0, 0.05) is 47.0 Å². The number of nitrogens with zero attached hydrogens (tertiary/aromatic N) is 8. The van der Waals surface area contributed by atoms with Crippen LogP contribution in [-0.2, 0) is 0 Å². The molecule has 0 amide bonds. The van der Waals surface area contributed by atoms with Gasteiger partial charge in [-0.3, -0.25) is 19.6 Å². The number of benzene rings is 2. The predicted octanol–water partition coefficient (Wildman–Crippen LogP) is 12.4. The average molecular weight is 1190 g/mol. The predicted molar refractivity (Wildman–Crippen MR) is 290 cm³/mol. The number of halogens is 11. The van der Waals surface area contributed by atoms with Crippen LogP contribution < -0.4 is 32.4 Å². The highest BCUT2D eigenvalue weighted by molar-refractivity contribution is 9.10. The van der Waals surface area contributed by atoms with Gasteiger partial charge in [-0.05, 0) is 101 Å². The molecular weight excluding hydrogens is 1130 g/mol. The minimum absolute atomic E-state index is 0.0159. The molecule has 6 aromatic heterocycles. The van der Waals surface area contributed by atoms with Crippen molar-refractivity contribution in [2.45, 2.75) is 83.7 Å². The largest absolute Gasteiger partial charge is 0.405 e. The van der Waals surface area contributed by atoms with E-state index in [1.54, 1.807) is 30.3 Å². The summed E-state index contributed by atoms with van der Waals surface area (Å²) in [6.45, 7) is 2.76. The molecule has 5 N–H and O–H groups in total. The summed E-state index contributed by atoms with van der Waals surface area (Å²) in [6, 6.07) is 28.4. The van der Waals surface area contributed by atoms with Gasteiger partial charge in [0.05, 0.1) is 22.9 Å². The number of pyridine rings is 4. The number of aryl methyl sites for hydroxylation is 2. The Balaban J connectivity index is 0.000000219. The highest BCUT2D eigenvalue weighted by Crippen LogP contribution is 2.29. The number of likely N-dealkylation sites (N-methyl/N-ethyl adjacent to an activating group) is 2. The van der Waals surface area contributed by atoms with Crippen LogP contribution in [0.4, 0.5) is 55.5 Å². The average Bonchev–Trinajstić information content (AvgIpc) is 3.43. The number of fused-ring (bicyclic) bond motifs is 2. The van der Waals surface area contributed by atoms with E-state index >= 15 is 0 Å². The number of hydrogen-bond acceptors (Lipinski definition) is 13. The Morgan fingerprint density at radius 2 is 1.10 bits per heavy atom. The van der Waals surface area contributed by atoms with E-state index in [0.717, 1.165) is 39.2 Å². The van der Waals surface area contributed by atoms with Crippen LogP contribution in [-0.4, -0.2) is 91.5 Å². The number of aromatic nitrogens is 8. The third-order valence-electron chi connectivity index (χ3n) is 11.7. The summed E-state index contributed by atoms with van der Waals surface area (Å²) in [6.07, 6.45) is -6.85. The van der Waals surface area contributed by atoms with E-state index in [4.69, 9.17) is 5.26 Å². The maximum Gasteiger partial charge on any atom is 0.405 e. The Kier molecular flexibility index (Phi) is 23.1. The monoisotopic (exact) mass is 1190 g/mol. The molecule has 9 rings (SSSR count). The van der Waals surface area contributed by atoms with Gasteiger partial charge < -0.3 is 21.3 Å². The molecule has 2 aromatic carbocycles. The van der Waals surface area contributed by atoms with Gasteiger partial charge in [-0.1, -0.05) is 76.3 Å². The molecule has 6 heterocycles. The summed E-state index contributed by atoms with van der Waals surface area (Å²) in [5, 5.41) is 28.6. The summed E-state index contributed by atoms with van der Waals surface area (Å²) < 4.78 is 128. The number of aromatic amines is 1. The Morgan fingerprint density at radius 3 is 1.51 bits per heavy atom. The summed E-state index contributed by atoms with van der Waals surface area (Å²) in [7, 11) is 4.11. The quantitative estimate of drug-likeness (QED) is 0.0766. The van der Waals surface area contributed by atoms with E-state index in [1.165, 1.54) is 74.6 Å². The zero-order chi connectivity index (χ0) is 58.7. The highest BCUT2D eigenvalue weighted by atomic mass is 79.9. The van der Waals surface area contributed by atoms with Crippen molar-refractivity contribution in [3.8, 4) is 34.0 Å². The molecule has 26 heteroatoms. The Labute approximate surface area is 460 Å². The maximum atomic E-state index is 13.4. The number of anilines is 2. The molecule has 0 aliphatic heterocycles. The molecule has 1 fully saturated rings. The van der Waals surface area contributed by atoms with Gasteiger partial charge in [-0.25, -0.2) is 32.6 Å². The standard InChI is InChI=1S/C22H16F5N5O.C15H10F5N5O.C8H18N2.C7H7Br.C2H3N/c1-12-2-5-14(6-3-12)32-21(33)18(13-4-7-16(20(23)24)28-10-13)19-15(31-32)8-9-17(30-19)29-11-22(25,26)27;16-13(17)9-2-1-7(5-21-9)11-12-8(24-25-14(11)26)3-4-10(23-12)22-6-15(18,19)20;1-9-7-5-3-4-6-8(7)10-2;1-6-2-4-7(8)5-3-6;1-2-3/h2-10,20H,11H2,1H3,(H,29,30);1-5,13H,6H2,(H,22,23)(H,25,26);7-10H,3-6H2,1-2H3;2-5H,1H3;1H3/t;;7-,8-;;/m..1../s1. The molecule has 8 aromatic rings. The van der Waals surface area contributed by atoms with Crippen LogP contribution in [0.5, 0.6) is 0 Å². The van der Waals surface area contributed by atoms with E-state index in [0.29, 0.717) is 17.8 Å². The van der Waals surface area contributed by atoms with Crippen molar-refractivity contribution in [2.24, 2.45) is 0 Å². The Hall–Kier alpha value is -7.89. The first kappa shape index (κ1) is 62.9. The molecule has 0 radical (unpaired) electrons. The van der Waals surface area contributed by atoms with E-state index in [1.807, 2.05) is 19.1 Å². The molecule has 1 aliphatic rings. The highest BCUT2D eigenvalue weighted by Gasteiger charge is 2.28. The van der Waals surface area contributed by atoms with Crippen LogP contribution >= 0.6 is 15.9 Å². The summed E-state index contributed by atoms with van der Waals surface area (Å²) in [5.74, 6) is -0.229. The van der Waals surface area contributed by atoms with Crippen molar-refractivity contribution >= 4 is 49.6 Å². The van der Waals surface area contributed by atoms with Crippen LogP contribution in [0.25, 0.3) is 50.0 Å². The molecule has 0 unspecified atom stereocenters. The minimum atomic E-state index is -4.47. The first-order valence-electron chi connectivity index (χ1n) is 24.3.